The summed E-state index contributed by atoms with van der Waals surface area (Å²) in [6, 6.07) is 11.4. The number of carbonyl (C=O) groups excluding carboxylic acids is 1. The maximum atomic E-state index is 12.1. The molecule has 2 aromatic carbocycles. The van der Waals surface area contributed by atoms with Crippen molar-refractivity contribution in [2.24, 2.45) is 0 Å². The monoisotopic (exact) mass is 324 g/mol. The molecule has 0 bridgehead atoms. The van der Waals surface area contributed by atoms with Gasteiger partial charge in [0.15, 0.2) is 0 Å². The number of nitrogen functional groups attached to an aromatic ring is 1. The third-order valence-electron chi connectivity index (χ3n) is 3.46. The molecule has 0 aromatic heterocycles. The molecule has 3 N–H and O–H groups in total. The number of ether oxygens (including phenoxy) is 1. The van der Waals surface area contributed by atoms with E-state index in [1.54, 1.807) is 12.1 Å². The van der Waals surface area contributed by atoms with Gasteiger partial charge >= 0.3 is 0 Å². The Hall–Kier alpha value is -2.75. The molecule has 0 radical (unpaired) electrons. The van der Waals surface area contributed by atoms with Crippen molar-refractivity contribution in [2.45, 2.75) is 33.8 Å². The highest BCUT2D eigenvalue weighted by Crippen LogP contribution is 2.24. The highest BCUT2D eigenvalue weighted by Gasteiger charge is 2.04. The van der Waals surface area contributed by atoms with Crippen LogP contribution in [-0.2, 0) is 4.79 Å². The summed E-state index contributed by atoms with van der Waals surface area (Å²) >= 11 is 0. The maximum Gasteiger partial charge on any atom is 0.248 e. The lowest BCUT2D eigenvalue weighted by Crippen LogP contribution is -2.09. The van der Waals surface area contributed by atoms with E-state index in [1.807, 2.05) is 58.0 Å². The van der Waals surface area contributed by atoms with Gasteiger partial charge in [0, 0.05) is 11.8 Å². The third-order valence-corrected chi connectivity index (χ3v) is 3.46. The molecule has 0 atom stereocenters. The number of benzene rings is 2. The SMILES string of the molecule is Cc1ccc(NC(=O)/C=C\c2ccc(OC(C)C)c(N)c2)c(C)c1. The van der Waals surface area contributed by atoms with Crippen LogP contribution in [0.1, 0.15) is 30.5 Å². The van der Waals surface area contributed by atoms with Crippen molar-refractivity contribution in [1.29, 1.82) is 0 Å². The first-order chi connectivity index (χ1) is 11.3. The second-order valence-corrected chi connectivity index (χ2v) is 6.10. The number of carbonyl (C=O) groups is 1. The van der Waals surface area contributed by atoms with Crippen LogP contribution in [0.3, 0.4) is 0 Å². The van der Waals surface area contributed by atoms with E-state index in [-0.39, 0.29) is 12.0 Å². The Morgan fingerprint density at radius 3 is 2.54 bits per heavy atom. The Kier molecular flexibility index (Phi) is 5.64. The van der Waals surface area contributed by atoms with Crippen molar-refractivity contribution >= 4 is 23.4 Å². The molecule has 2 rings (SSSR count). The van der Waals surface area contributed by atoms with Crippen LogP contribution in [0.2, 0.25) is 0 Å². The smallest absolute Gasteiger partial charge is 0.248 e. The molecule has 0 saturated carbocycles. The summed E-state index contributed by atoms with van der Waals surface area (Å²) in [6.07, 6.45) is 3.29. The lowest BCUT2D eigenvalue weighted by Gasteiger charge is -2.12. The molecule has 0 heterocycles. The summed E-state index contributed by atoms with van der Waals surface area (Å²) in [6.45, 7) is 7.89. The normalized spacial score (nSPS) is 11.0. The van der Waals surface area contributed by atoms with E-state index >= 15 is 0 Å². The second kappa shape index (κ2) is 7.68. The number of amides is 1. The molecule has 0 aliphatic heterocycles. The quantitative estimate of drug-likeness (QED) is 0.636. The van der Waals surface area contributed by atoms with E-state index in [9.17, 15) is 4.79 Å². The van der Waals surface area contributed by atoms with Gasteiger partial charge in [0.05, 0.1) is 11.8 Å². The van der Waals surface area contributed by atoms with Crippen LogP contribution in [0.15, 0.2) is 42.5 Å². The predicted molar refractivity (Wildman–Crippen MR) is 100 cm³/mol. The lowest BCUT2D eigenvalue weighted by atomic mass is 10.1. The number of hydrogen-bond acceptors (Lipinski definition) is 3. The van der Waals surface area contributed by atoms with Crippen LogP contribution in [0.5, 0.6) is 5.75 Å². The first-order valence-corrected chi connectivity index (χ1v) is 7.97. The van der Waals surface area contributed by atoms with E-state index in [2.05, 4.69) is 5.32 Å². The molecular formula is C20H24N2O2. The van der Waals surface area contributed by atoms with Gasteiger partial charge in [-0.1, -0.05) is 23.8 Å². The highest BCUT2D eigenvalue weighted by atomic mass is 16.5. The number of rotatable bonds is 5. The molecule has 2 aromatic rings. The second-order valence-electron chi connectivity index (χ2n) is 6.10. The van der Waals surface area contributed by atoms with Crippen molar-refractivity contribution in [3.63, 3.8) is 0 Å². The molecule has 0 spiro atoms. The van der Waals surface area contributed by atoms with Gasteiger partial charge in [-0.05, 0) is 63.1 Å². The number of nitrogens with two attached hydrogens (primary N) is 1. The zero-order valence-corrected chi connectivity index (χ0v) is 14.6. The Bertz CT molecular complexity index is 764. The molecule has 0 aliphatic rings. The van der Waals surface area contributed by atoms with Gasteiger partial charge in [-0.2, -0.15) is 0 Å². The molecule has 0 aliphatic carbocycles. The zero-order valence-electron chi connectivity index (χ0n) is 14.6. The van der Waals surface area contributed by atoms with E-state index in [4.69, 9.17) is 10.5 Å². The third kappa shape index (κ3) is 4.88. The van der Waals surface area contributed by atoms with Crippen molar-refractivity contribution in [2.75, 3.05) is 11.1 Å². The molecule has 126 valence electrons. The molecule has 0 saturated heterocycles. The fourth-order valence-electron chi connectivity index (χ4n) is 2.33. The van der Waals surface area contributed by atoms with Gasteiger partial charge in [0.2, 0.25) is 5.91 Å². The molecular weight excluding hydrogens is 300 g/mol. The fourth-order valence-corrected chi connectivity index (χ4v) is 2.33. The Labute approximate surface area is 143 Å². The number of nitrogens with one attached hydrogen (secondary N) is 1. The largest absolute Gasteiger partial charge is 0.489 e. The average Bonchev–Trinajstić information content (AvgIpc) is 2.50. The summed E-state index contributed by atoms with van der Waals surface area (Å²) in [4.78, 5) is 12.1. The van der Waals surface area contributed by atoms with Gasteiger partial charge in [-0.25, -0.2) is 0 Å². The van der Waals surface area contributed by atoms with Crippen molar-refractivity contribution < 1.29 is 9.53 Å². The average molecular weight is 324 g/mol. The topological polar surface area (TPSA) is 64.3 Å². The van der Waals surface area contributed by atoms with Crippen LogP contribution in [0, 0.1) is 13.8 Å². The van der Waals surface area contributed by atoms with Gasteiger partial charge in [-0.15, -0.1) is 0 Å². The Morgan fingerprint density at radius 1 is 1.17 bits per heavy atom. The maximum absolute atomic E-state index is 12.1. The Balaban J connectivity index is 2.04. The van der Waals surface area contributed by atoms with Crippen molar-refractivity contribution in [3.8, 4) is 5.75 Å². The van der Waals surface area contributed by atoms with E-state index < -0.39 is 0 Å². The summed E-state index contributed by atoms with van der Waals surface area (Å²) in [5.74, 6) is 0.477. The van der Waals surface area contributed by atoms with Crippen LogP contribution >= 0.6 is 0 Å². The Morgan fingerprint density at radius 2 is 1.92 bits per heavy atom. The summed E-state index contributed by atoms with van der Waals surface area (Å²) in [5.41, 5.74) is 10.4. The van der Waals surface area contributed by atoms with Crippen LogP contribution in [0.4, 0.5) is 11.4 Å². The van der Waals surface area contributed by atoms with Gasteiger partial charge in [0.25, 0.3) is 0 Å². The van der Waals surface area contributed by atoms with E-state index in [1.165, 1.54) is 11.6 Å². The number of hydrogen-bond donors (Lipinski definition) is 2. The molecule has 0 fully saturated rings. The van der Waals surface area contributed by atoms with Crippen LogP contribution in [0.25, 0.3) is 6.08 Å². The van der Waals surface area contributed by atoms with Crippen molar-refractivity contribution in [1.82, 2.24) is 0 Å². The van der Waals surface area contributed by atoms with E-state index in [0.29, 0.717) is 11.4 Å². The van der Waals surface area contributed by atoms with Crippen LogP contribution < -0.4 is 15.8 Å². The highest BCUT2D eigenvalue weighted by molar-refractivity contribution is 6.02. The number of aryl methyl sites for hydroxylation is 2. The standard InChI is InChI=1S/C20H24N2O2/c1-13(2)24-19-9-6-16(12-17(19)21)7-10-20(23)22-18-8-5-14(3)11-15(18)4/h5-13H,21H2,1-4H3,(H,22,23)/b10-7-. The number of anilines is 2. The van der Waals surface area contributed by atoms with Crippen LogP contribution in [-0.4, -0.2) is 12.0 Å². The first-order valence-electron chi connectivity index (χ1n) is 7.97. The predicted octanol–water partition coefficient (Wildman–Crippen LogP) is 4.32. The minimum atomic E-state index is -0.178. The summed E-state index contributed by atoms with van der Waals surface area (Å²) < 4.78 is 5.60. The molecule has 4 nitrogen and oxygen atoms in total. The molecule has 0 unspecified atom stereocenters. The van der Waals surface area contributed by atoms with Crippen molar-refractivity contribution in [3.05, 3.63) is 59.2 Å². The first kappa shape index (κ1) is 17.6. The fraction of sp³-hybridized carbons (Fsp3) is 0.250. The molecule has 4 heteroatoms. The molecule has 1 amide bonds. The van der Waals surface area contributed by atoms with Gasteiger partial charge in [0.1, 0.15) is 5.75 Å². The zero-order chi connectivity index (χ0) is 17.7. The lowest BCUT2D eigenvalue weighted by molar-refractivity contribution is -0.111. The summed E-state index contributed by atoms with van der Waals surface area (Å²) in [7, 11) is 0. The van der Waals surface area contributed by atoms with E-state index in [0.717, 1.165) is 16.8 Å². The molecule has 24 heavy (non-hydrogen) atoms. The summed E-state index contributed by atoms with van der Waals surface area (Å²) in [5, 5.41) is 2.88. The minimum Gasteiger partial charge on any atom is -0.489 e. The van der Waals surface area contributed by atoms with Gasteiger partial charge in [-0.3, -0.25) is 4.79 Å². The van der Waals surface area contributed by atoms with Gasteiger partial charge < -0.3 is 15.8 Å². The minimum absolute atomic E-state index is 0.0669.